The first-order valence-electron chi connectivity index (χ1n) is 8.68. The van der Waals surface area contributed by atoms with Crippen LogP contribution in [0, 0.1) is 19.3 Å². The molecule has 0 amide bonds. The molecule has 0 radical (unpaired) electrons. The summed E-state index contributed by atoms with van der Waals surface area (Å²) in [7, 11) is 1.79. The van der Waals surface area contributed by atoms with Crippen molar-refractivity contribution < 1.29 is 24.5 Å². The minimum absolute atomic E-state index is 0.171. The van der Waals surface area contributed by atoms with Crippen molar-refractivity contribution in [3.05, 3.63) is 34.9 Å². The third-order valence-electron chi connectivity index (χ3n) is 4.98. The number of carbonyl (C=O) groups is 2. The fraction of sp³-hybridized carbons (Fsp3) is 0.600. The molecule has 1 aliphatic carbocycles. The highest BCUT2D eigenvalue weighted by Gasteiger charge is 2.32. The standard InChI is InChI=1S/C19H28O2.CH2O3/c1-14-5-6-16(15(2)11-14)12-17(20)13-19(3)9-7-18(21-4)8-10-19;2-1(3)4/h5-6,11,18H,7-10,12-13H2,1-4H3;(H2,2,3,4). The summed E-state index contributed by atoms with van der Waals surface area (Å²) in [5, 5.41) is 13.9. The van der Waals surface area contributed by atoms with Gasteiger partial charge in [-0.15, -0.1) is 0 Å². The van der Waals surface area contributed by atoms with Crippen LogP contribution in [0.5, 0.6) is 0 Å². The van der Waals surface area contributed by atoms with Crippen LogP contribution in [0.3, 0.4) is 0 Å². The van der Waals surface area contributed by atoms with Crippen LogP contribution in [0.25, 0.3) is 0 Å². The number of carbonyl (C=O) groups excluding carboxylic acids is 1. The lowest BCUT2D eigenvalue weighted by molar-refractivity contribution is -0.121. The smallest absolute Gasteiger partial charge is 0.450 e. The number of hydrogen-bond acceptors (Lipinski definition) is 3. The van der Waals surface area contributed by atoms with Crippen molar-refractivity contribution in [1.29, 1.82) is 0 Å². The quantitative estimate of drug-likeness (QED) is 0.809. The normalized spacial score (nSPS) is 22.6. The molecule has 0 saturated heterocycles. The van der Waals surface area contributed by atoms with Gasteiger partial charge in [-0.1, -0.05) is 30.7 Å². The Kier molecular flexibility index (Phi) is 8.10. The monoisotopic (exact) mass is 350 g/mol. The number of rotatable bonds is 5. The maximum Gasteiger partial charge on any atom is 0.503 e. The van der Waals surface area contributed by atoms with Crippen molar-refractivity contribution in [3.63, 3.8) is 0 Å². The van der Waals surface area contributed by atoms with Crippen molar-refractivity contribution in [2.45, 2.75) is 65.4 Å². The molecular weight excluding hydrogens is 320 g/mol. The van der Waals surface area contributed by atoms with E-state index in [1.807, 2.05) is 0 Å². The van der Waals surface area contributed by atoms with Crippen molar-refractivity contribution >= 4 is 11.9 Å². The fourth-order valence-electron chi connectivity index (χ4n) is 3.50. The Balaban J connectivity index is 0.000000705. The summed E-state index contributed by atoms with van der Waals surface area (Å²) < 4.78 is 5.43. The molecule has 0 aliphatic heterocycles. The summed E-state index contributed by atoms with van der Waals surface area (Å²) in [6.45, 7) is 6.45. The van der Waals surface area contributed by atoms with Crippen LogP contribution < -0.4 is 0 Å². The van der Waals surface area contributed by atoms with Crippen LogP contribution in [0.15, 0.2) is 18.2 Å². The number of ketones is 1. The van der Waals surface area contributed by atoms with Crippen LogP contribution in [0.2, 0.25) is 0 Å². The molecule has 1 saturated carbocycles. The number of ether oxygens (including phenoxy) is 1. The summed E-state index contributed by atoms with van der Waals surface area (Å²) in [4.78, 5) is 21.0. The maximum atomic E-state index is 12.4. The predicted octanol–water partition coefficient (Wildman–Crippen LogP) is 4.62. The van der Waals surface area contributed by atoms with Crippen molar-refractivity contribution in [1.82, 2.24) is 0 Å². The van der Waals surface area contributed by atoms with Gasteiger partial charge in [0.15, 0.2) is 0 Å². The third kappa shape index (κ3) is 7.69. The van der Waals surface area contributed by atoms with Crippen LogP contribution in [0.1, 0.15) is 55.7 Å². The number of benzene rings is 1. The molecule has 0 spiro atoms. The van der Waals surface area contributed by atoms with Gasteiger partial charge in [0, 0.05) is 20.0 Å². The van der Waals surface area contributed by atoms with Gasteiger partial charge in [-0.2, -0.15) is 0 Å². The molecule has 1 aromatic rings. The lowest BCUT2D eigenvalue weighted by atomic mass is 9.71. The average Bonchev–Trinajstić information content (AvgIpc) is 2.50. The number of Topliss-reactive ketones (excluding diaryl/α,β-unsaturated/α-hetero) is 1. The average molecular weight is 350 g/mol. The topological polar surface area (TPSA) is 83.8 Å². The second-order valence-electron chi connectivity index (χ2n) is 7.35. The van der Waals surface area contributed by atoms with Gasteiger partial charge in [-0.25, -0.2) is 4.79 Å². The van der Waals surface area contributed by atoms with Gasteiger partial charge in [0.1, 0.15) is 5.78 Å². The van der Waals surface area contributed by atoms with Gasteiger partial charge in [-0.05, 0) is 56.1 Å². The molecule has 0 heterocycles. The van der Waals surface area contributed by atoms with Gasteiger partial charge in [-0.3, -0.25) is 4.79 Å². The Bertz CT molecular complexity index is 582. The molecule has 140 valence electrons. The minimum atomic E-state index is -1.83. The van der Waals surface area contributed by atoms with E-state index in [9.17, 15) is 4.79 Å². The molecule has 0 atom stereocenters. The van der Waals surface area contributed by atoms with Gasteiger partial charge in [0.25, 0.3) is 0 Å². The van der Waals surface area contributed by atoms with E-state index in [0.717, 1.165) is 25.7 Å². The van der Waals surface area contributed by atoms with E-state index in [2.05, 4.69) is 39.0 Å². The lowest BCUT2D eigenvalue weighted by Crippen LogP contribution is -2.30. The van der Waals surface area contributed by atoms with Gasteiger partial charge in [0.2, 0.25) is 0 Å². The molecule has 5 heteroatoms. The molecule has 0 aromatic heterocycles. The van der Waals surface area contributed by atoms with Crippen LogP contribution in [0.4, 0.5) is 4.79 Å². The van der Waals surface area contributed by atoms with Gasteiger partial charge in [0.05, 0.1) is 6.10 Å². The molecule has 1 fully saturated rings. The number of methoxy groups -OCH3 is 1. The van der Waals surface area contributed by atoms with Crippen LogP contribution >= 0.6 is 0 Å². The molecule has 2 rings (SSSR count). The first-order chi connectivity index (χ1) is 11.6. The number of hydrogen-bond donors (Lipinski definition) is 2. The number of aryl methyl sites for hydroxylation is 2. The third-order valence-corrected chi connectivity index (χ3v) is 4.98. The Labute approximate surface area is 150 Å². The van der Waals surface area contributed by atoms with E-state index in [0.29, 0.717) is 24.7 Å². The van der Waals surface area contributed by atoms with E-state index in [1.165, 1.54) is 16.7 Å². The molecule has 5 nitrogen and oxygen atoms in total. The van der Waals surface area contributed by atoms with Gasteiger partial charge >= 0.3 is 6.16 Å². The SMILES string of the molecule is COC1CCC(C)(CC(=O)Cc2ccc(C)cc2C)CC1.O=C(O)O. The number of carboxylic acid groups (broad SMARTS) is 2. The van der Waals surface area contributed by atoms with Crippen molar-refractivity contribution in [2.24, 2.45) is 5.41 Å². The molecule has 0 bridgehead atoms. The molecule has 1 aliphatic rings. The Morgan fingerprint density at radius 1 is 1.20 bits per heavy atom. The maximum absolute atomic E-state index is 12.4. The molecule has 0 unspecified atom stereocenters. The van der Waals surface area contributed by atoms with E-state index >= 15 is 0 Å². The Morgan fingerprint density at radius 2 is 1.76 bits per heavy atom. The zero-order chi connectivity index (χ0) is 19.0. The second-order valence-corrected chi connectivity index (χ2v) is 7.35. The fourth-order valence-corrected chi connectivity index (χ4v) is 3.50. The largest absolute Gasteiger partial charge is 0.503 e. The van der Waals surface area contributed by atoms with Crippen LogP contribution in [-0.4, -0.2) is 35.4 Å². The van der Waals surface area contributed by atoms with E-state index in [-0.39, 0.29) is 5.41 Å². The summed E-state index contributed by atoms with van der Waals surface area (Å²) in [5.41, 5.74) is 3.84. The van der Waals surface area contributed by atoms with Crippen LogP contribution in [-0.2, 0) is 16.0 Å². The highest BCUT2D eigenvalue weighted by Crippen LogP contribution is 2.40. The van der Waals surface area contributed by atoms with E-state index < -0.39 is 6.16 Å². The molecular formula is C20H30O5. The minimum Gasteiger partial charge on any atom is -0.450 e. The zero-order valence-corrected chi connectivity index (χ0v) is 15.7. The van der Waals surface area contributed by atoms with E-state index in [1.54, 1.807) is 7.11 Å². The van der Waals surface area contributed by atoms with Crippen molar-refractivity contribution in [3.8, 4) is 0 Å². The summed E-state index contributed by atoms with van der Waals surface area (Å²) in [5.74, 6) is 0.375. The van der Waals surface area contributed by atoms with Gasteiger partial charge < -0.3 is 14.9 Å². The summed E-state index contributed by atoms with van der Waals surface area (Å²) in [6, 6.07) is 6.36. The second kappa shape index (κ2) is 9.56. The molecule has 2 N–H and O–H groups in total. The van der Waals surface area contributed by atoms with E-state index in [4.69, 9.17) is 19.7 Å². The summed E-state index contributed by atoms with van der Waals surface area (Å²) in [6.07, 6.45) is 4.22. The zero-order valence-electron chi connectivity index (χ0n) is 15.7. The highest BCUT2D eigenvalue weighted by atomic mass is 16.6. The molecule has 25 heavy (non-hydrogen) atoms. The highest BCUT2D eigenvalue weighted by molar-refractivity contribution is 5.81. The summed E-state index contributed by atoms with van der Waals surface area (Å²) >= 11 is 0. The molecule has 1 aromatic carbocycles. The first-order valence-corrected chi connectivity index (χ1v) is 8.68. The lowest BCUT2D eigenvalue weighted by Gasteiger charge is -2.36. The Morgan fingerprint density at radius 3 is 2.24 bits per heavy atom. The first kappa shape index (κ1) is 21.2. The van der Waals surface area contributed by atoms with Crippen molar-refractivity contribution in [2.75, 3.05) is 7.11 Å². The Hall–Kier alpha value is -1.88. The predicted molar refractivity (Wildman–Crippen MR) is 97.3 cm³/mol.